The van der Waals surface area contributed by atoms with Gasteiger partial charge in [-0.25, -0.2) is 9.78 Å². The van der Waals surface area contributed by atoms with Gasteiger partial charge >= 0.3 is 5.69 Å². The molecular weight excluding hydrogens is 384 g/mol. The molecule has 2 aliphatic rings. The van der Waals surface area contributed by atoms with Crippen LogP contribution in [0.3, 0.4) is 0 Å². The Bertz CT molecular complexity index is 1190. The van der Waals surface area contributed by atoms with Crippen LogP contribution in [-0.2, 0) is 16.5 Å². The molecule has 3 aromatic heterocycles. The zero-order valence-electron chi connectivity index (χ0n) is 17.1. The number of aryl methyl sites for hydroxylation is 2. The molecule has 2 aliphatic heterocycles. The quantitative estimate of drug-likeness (QED) is 0.708. The van der Waals surface area contributed by atoms with Gasteiger partial charge in [0, 0.05) is 31.9 Å². The zero-order valence-corrected chi connectivity index (χ0v) is 17.1. The highest BCUT2D eigenvalue weighted by Crippen LogP contribution is 2.26. The topological polar surface area (TPSA) is 96.1 Å². The van der Waals surface area contributed by atoms with Gasteiger partial charge in [0.25, 0.3) is 0 Å². The Hall–Kier alpha value is -3.04. The van der Waals surface area contributed by atoms with Gasteiger partial charge in [0.05, 0.1) is 37.0 Å². The lowest BCUT2D eigenvalue weighted by Gasteiger charge is -2.22. The molecule has 0 bridgehead atoms. The molecule has 0 radical (unpaired) electrons. The molecule has 9 heteroatoms. The fourth-order valence-corrected chi connectivity index (χ4v) is 4.02. The molecule has 0 unspecified atom stereocenters. The first-order valence-electron chi connectivity index (χ1n) is 10.1. The average Bonchev–Trinajstić information content (AvgIpc) is 3.38. The van der Waals surface area contributed by atoms with Crippen LogP contribution in [0.2, 0.25) is 0 Å². The molecule has 0 amide bonds. The van der Waals surface area contributed by atoms with Gasteiger partial charge in [-0.2, -0.15) is 4.98 Å². The smallest absolute Gasteiger partial charge is 0.330 e. The van der Waals surface area contributed by atoms with Crippen molar-refractivity contribution in [1.29, 1.82) is 0 Å². The Morgan fingerprint density at radius 2 is 2.00 bits per heavy atom. The summed E-state index contributed by atoms with van der Waals surface area (Å²) >= 11 is 0. The van der Waals surface area contributed by atoms with Crippen molar-refractivity contribution in [3.63, 3.8) is 0 Å². The lowest BCUT2D eigenvalue weighted by atomic mass is 10.1. The molecule has 0 spiro atoms. The summed E-state index contributed by atoms with van der Waals surface area (Å²) in [6, 6.07) is 2.12. The summed E-state index contributed by atoms with van der Waals surface area (Å²) in [5.41, 5.74) is 5.17. The van der Waals surface area contributed by atoms with E-state index < -0.39 is 0 Å². The minimum atomic E-state index is -0.0717. The van der Waals surface area contributed by atoms with Crippen LogP contribution in [0.1, 0.15) is 30.1 Å². The molecule has 1 N–H and O–H groups in total. The maximum absolute atomic E-state index is 12.8. The molecule has 9 nitrogen and oxygen atoms in total. The third kappa shape index (κ3) is 3.29. The molecule has 0 aromatic carbocycles. The van der Waals surface area contributed by atoms with E-state index in [0.29, 0.717) is 38.0 Å². The van der Waals surface area contributed by atoms with E-state index in [1.54, 1.807) is 28.6 Å². The van der Waals surface area contributed by atoms with Crippen LogP contribution < -0.4 is 11.0 Å². The van der Waals surface area contributed by atoms with Crippen molar-refractivity contribution < 1.29 is 9.47 Å². The average molecular weight is 408 g/mol. The minimum absolute atomic E-state index is 0.0717. The number of pyridine rings is 1. The van der Waals surface area contributed by atoms with Crippen molar-refractivity contribution in [1.82, 2.24) is 24.1 Å². The van der Waals surface area contributed by atoms with Gasteiger partial charge in [-0.05, 0) is 31.4 Å². The van der Waals surface area contributed by atoms with Crippen LogP contribution in [0.25, 0.3) is 16.7 Å². The van der Waals surface area contributed by atoms with E-state index >= 15 is 0 Å². The van der Waals surface area contributed by atoms with Gasteiger partial charge in [0.2, 0.25) is 5.95 Å². The summed E-state index contributed by atoms with van der Waals surface area (Å²) in [6.45, 7) is 4.56. The van der Waals surface area contributed by atoms with Gasteiger partial charge in [-0.1, -0.05) is 6.08 Å². The maximum Gasteiger partial charge on any atom is 0.330 e. The van der Waals surface area contributed by atoms with Crippen molar-refractivity contribution in [3.05, 3.63) is 46.3 Å². The fraction of sp³-hybridized carbons (Fsp3) is 0.429. The van der Waals surface area contributed by atoms with E-state index in [1.165, 1.54) is 0 Å². The highest BCUT2D eigenvalue weighted by Gasteiger charge is 2.23. The standard InChI is InChI=1S/C21H24N6O3/c1-13-9-16(14-3-6-30-12-14)22-10-17(13)24-20-23-11-18-19(25-20)27(21(28)26(18)2)15-4-7-29-8-5-15/h3,9-11,15H,4-8,12H2,1-2H3,(H,23,24,25). The molecule has 0 saturated carbocycles. The number of aromatic nitrogens is 5. The predicted octanol–water partition coefficient (Wildman–Crippen LogP) is 2.34. The molecule has 5 heterocycles. The second-order valence-electron chi connectivity index (χ2n) is 7.71. The summed E-state index contributed by atoms with van der Waals surface area (Å²) in [4.78, 5) is 26.5. The van der Waals surface area contributed by atoms with Crippen LogP contribution in [0.15, 0.2) is 29.3 Å². The molecule has 5 rings (SSSR count). The largest absolute Gasteiger partial charge is 0.381 e. The SMILES string of the molecule is Cc1cc(C2=CCOC2)ncc1Nc1ncc2c(n1)n(C1CCOCC1)c(=O)n2C. The number of nitrogens with zero attached hydrogens (tertiary/aromatic N) is 5. The maximum atomic E-state index is 12.8. The van der Waals surface area contributed by atoms with Gasteiger partial charge in [-0.3, -0.25) is 14.1 Å². The van der Waals surface area contributed by atoms with E-state index in [9.17, 15) is 4.79 Å². The molecule has 0 atom stereocenters. The molecule has 3 aromatic rings. The van der Waals surface area contributed by atoms with E-state index in [-0.39, 0.29) is 11.7 Å². The summed E-state index contributed by atoms with van der Waals surface area (Å²) in [6.07, 6.45) is 7.14. The van der Waals surface area contributed by atoms with Crippen molar-refractivity contribution in [2.75, 3.05) is 31.7 Å². The van der Waals surface area contributed by atoms with E-state index in [4.69, 9.17) is 9.47 Å². The fourth-order valence-electron chi connectivity index (χ4n) is 4.02. The van der Waals surface area contributed by atoms with Crippen molar-refractivity contribution in [2.24, 2.45) is 7.05 Å². The van der Waals surface area contributed by atoms with Crippen LogP contribution in [0, 0.1) is 6.92 Å². The predicted molar refractivity (Wildman–Crippen MR) is 113 cm³/mol. The van der Waals surface area contributed by atoms with Crippen molar-refractivity contribution >= 4 is 28.4 Å². The first-order chi connectivity index (χ1) is 14.6. The van der Waals surface area contributed by atoms with Crippen LogP contribution in [0.5, 0.6) is 0 Å². The summed E-state index contributed by atoms with van der Waals surface area (Å²) in [5, 5.41) is 3.26. The number of rotatable bonds is 4. The summed E-state index contributed by atoms with van der Waals surface area (Å²) in [7, 11) is 1.76. The van der Waals surface area contributed by atoms with Crippen molar-refractivity contribution in [3.8, 4) is 0 Å². The van der Waals surface area contributed by atoms with E-state index in [0.717, 1.165) is 40.9 Å². The van der Waals surface area contributed by atoms with E-state index in [2.05, 4.69) is 26.3 Å². The first-order valence-corrected chi connectivity index (χ1v) is 10.1. The van der Waals surface area contributed by atoms with Gasteiger partial charge in [0.15, 0.2) is 5.65 Å². The highest BCUT2D eigenvalue weighted by atomic mass is 16.5. The Morgan fingerprint density at radius 3 is 2.73 bits per heavy atom. The van der Waals surface area contributed by atoms with E-state index in [1.807, 2.05) is 13.0 Å². The number of fused-ring (bicyclic) bond motifs is 1. The number of hydrogen-bond donors (Lipinski definition) is 1. The Labute approximate surface area is 173 Å². The van der Waals surface area contributed by atoms with Gasteiger partial charge in [0.1, 0.15) is 5.52 Å². The molecule has 30 heavy (non-hydrogen) atoms. The molecule has 0 aliphatic carbocycles. The summed E-state index contributed by atoms with van der Waals surface area (Å²) < 4.78 is 14.2. The second-order valence-corrected chi connectivity index (χ2v) is 7.71. The molecule has 1 saturated heterocycles. The third-order valence-electron chi connectivity index (χ3n) is 5.78. The Balaban J connectivity index is 1.48. The van der Waals surface area contributed by atoms with Crippen molar-refractivity contribution in [2.45, 2.75) is 25.8 Å². The van der Waals surface area contributed by atoms with Gasteiger partial charge in [-0.15, -0.1) is 0 Å². The normalized spacial score (nSPS) is 17.5. The molecular formula is C21H24N6O3. The monoisotopic (exact) mass is 408 g/mol. The zero-order chi connectivity index (χ0) is 20.7. The molecule has 1 fully saturated rings. The lowest BCUT2D eigenvalue weighted by molar-refractivity contribution is 0.0695. The van der Waals surface area contributed by atoms with Crippen LogP contribution >= 0.6 is 0 Å². The van der Waals surface area contributed by atoms with Gasteiger partial charge < -0.3 is 14.8 Å². The number of hydrogen-bond acceptors (Lipinski definition) is 7. The first kappa shape index (κ1) is 19.0. The number of imidazole rings is 1. The number of nitrogens with one attached hydrogen (secondary N) is 1. The summed E-state index contributed by atoms with van der Waals surface area (Å²) in [5.74, 6) is 0.440. The highest BCUT2D eigenvalue weighted by molar-refractivity contribution is 5.73. The minimum Gasteiger partial charge on any atom is -0.381 e. The Morgan fingerprint density at radius 1 is 1.17 bits per heavy atom. The number of anilines is 2. The Kier molecular flexibility index (Phi) is 4.84. The lowest BCUT2D eigenvalue weighted by Crippen LogP contribution is -2.30. The van der Waals surface area contributed by atoms with Crippen LogP contribution in [-0.4, -0.2) is 50.5 Å². The van der Waals surface area contributed by atoms with Crippen LogP contribution in [0.4, 0.5) is 11.6 Å². The number of ether oxygens (including phenoxy) is 2. The third-order valence-corrected chi connectivity index (χ3v) is 5.78. The molecule has 156 valence electrons. The second kappa shape index (κ2) is 7.66.